The molecule has 0 amide bonds. The largest absolute Gasteiger partial charge is 0.248 e. The summed E-state index contributed by atoms with van der Waals surface area (Å²) >= 11 is 6.03. The number of nitrogens with zero attached hydrogens (tertiary/aromatic N) is 1. The Hall–Kier alpha value is 0.330. The van der Waals surface area contributed by atoms with E-state index in [1.807, 2.05) is 11.3 Å². The summed E-state index contributed by atoms with van der Waals surface area (Å²) in [7, 11) is 0. The van der Waals surface area contributed by atoms with Crippen molar-refractivity contribution >= 4 is 34.9 Å². The van der Waals surface area contributed by atoms with Crippen molar-refractivity contribution in [2.75, 3.05) is 17.3 Å². The maximum absolute atomic E-state index is 4.55. The molecule has 1 fully saturated rings. The molecule has 1 aromatic heterocycles. The van der Waals surface area contributed by atoms with E-state index in [0.717, 1.165) is 0 Å². The topological polar surface area (TPSA) is 12.9 Å². The van der Waals surface area contributed by atoms with Gasteiger partial charge >= 0.3 is 0 Å². The molecular weight excluding hydrogens is 230 g/mol. The molecule has 1 aliphatic heterocycles. The molecule has 0 aromatic carbocycles. The molecule has 0 bridgehead atoms. The van der Waals surface area contributed by atoms with Gasteiger partial charge in [-0.05, 0) is 5.92 Å². The molecule has 1 saturated heterocycles. The van der Waals surface area contributed by atoms with E-state index in [0.29, 0.717) is 11.2 Å². The van der Waals surface area contributed by atoms with Crippen LogP contribution in [0.25, 0.3) is 0 Å². The molecule has 0 N–H and O–H groups in total. The standard InChI is InChI=1S/C10H15NS3/c1-7(2)8-5-11-10(14-8)9-6-12-3-4-13-9/h5,7,9H,3-4,6H2,1-2H3. The van der Waals surface area contributed by atoms with Crippen molar-refractivity contribution in [3.05, 3.63) is 16.1 Å². The van der Waals surface area contributed by atoms with Crippen molar-refractivity contribution in [1.82, 2.24) is 4.98 Å². The van der Waals surface area contributed by atoms with Crippen molar-refractivity contribution in [1.29, 1.82) is 0 Å². The zero-order valence-electron chi connectivity index (χ0n) is 8.53. The molecule has 2 heterocycles. The SMILES string of the molecule is CC(C)c1cnc(C2CSCCS2)s1. The van der Waals surface area contributed by atoms with Crippen LogP contribution < -0.4 is 0 Å². The van der Waals surface area contributed by atoms with Crippen molar-refractivity contribution < 1.29 is 0 Å². The Morgan fingerprint density at radius 1 is 1.43 bits per heavy atom. The van der Waals surface area contributed by atoms with Crippen molar-refractivity contribution in [2.45, 2.75) is 25.0 Å². The Labute approximate surface area is 98.1 Å². The smallest absolute Gasteiger partial charge is 0.107 e. The quantitative estimate of drug-likeness (QED) is 0.787. The van der Waals surface area contributed by atoms with E-state index in [1.165, 1.54) is 27.1 Å². The Balaban J connectivity index is 2.07. The predicted molar refractivity (Wildman–Crippen MR) is 68.7 cm³/mol. The minimum Gasteiger partial charge on any atom is -0.248 e. The molecule has 1 aromatic rings. The molecular formula is C10H15NS3. The lowest BCUT2D eigenvalue weighted by atomic mass is 10.2. The number of thioether (sulfide) groups is 2. The van der Waals surface area contributed by atoms with Crippen molar-refractivity contribution in [3.8, 4) is 0 Å². The number of rotatable bonds is 2. The molecule has 0 radical (unpaired) electrons. The van der Waals surface area contributed by atoms with Crippen LogP contribution in [0.2, 0.25) is 0 Å². The first kappa shape index (κ1) is 10.8. The first-order valence-corrected chi connectivity index (χ1v) is 7.94. The van der Waals surface area contributed by atoms with Gasteiger partial charge in [-0.3, -0.25) is 0 Å². The van der Waals surface area contributed by atoms with E-state index < -0.39 is 0 Å². The van der Waals surface area contributed by atoms with Crippen LogP contribution in [-0.4, -0.2) is 22.2 Å². The molecule has 4 heteroatoms. The summed E-state index contributed by atoms with van der Waals surface area (Å²) in [5, 5.41) is 2.00. The Morgan fingerprint density at radius 3 is 2.86 bits per heavy atom. The van der Waals surface area contributed by atoms with Crippen LogP contribution >= 0.6 is 34.9 Å². The highest BCUT2D eigenvalue weighted by atomic mass is 32.2. The van der Waals surface area contributed by atoms with E-state index in [4.69, 9.17) is 0 Å². The zero-order valence-corrected chi connectivity index (χ0v) is 11.0. The van der Waals surface area contributed by atoms with E-state index in [-0.39, 0.29) is 0 Å². The monoisotopic (exact) mass is 245 g/mol. The molecule has 1 atom stereocenters. The lowest BCUT2D eigenvalue weighted by Gasteiger charge is -2.18. The molecule has 78 valence electrons. The van der Waals surface area contributed by atoms with Gasteiger partial charge in [-0.1, -0.05) is 13.8 Å². The summed E-state index contributed by atoms with van der Waals surface area (Å²) in [5.74, 6) is 4.47. The summed E-state index contributed by atoms with van der Waals surface area (Å²) in [6, 6.07) is 0. The second-order valence-corrected chi connectivity index (χ2v) is 7.24. The molecule has 1 unspecified atom stereocenters. The van der Waals surface area contributed by atoms with Crippen LogP contribution in [-0.2, 0) is 0 Å². The van der Waals surface area contributed by atoms with Crippen LogP contribution in [0.5, 0.6) is 0 Å². The molecule has 14 heavy (non-hydrogen) atoms. The van der Waals surface area contributed by atoms with Gasteiger partial charge in [-0.15, -0.1) is 23.1 Å². The third-order valence-electron chi connectivity index (χ3n) is 2.20. The first-order chi connectivity index (χ1) is 6.77. The highest BCUT2D eigenvalue weighted by Gasteiger charge is 2.19. The number of thiazole rings is 1. The van der Waals surface area contributed by atoms with Gasteiger partial charge in [0.2, 0.25) is 0 Å². The van der Waals surface area contributed by atoms with Crippen LogP contribution in [0.1, 0.15) is 34.9 Å². The summed E-state index contributed by atoms with van der Waals surface area (Å²) in [6.45, 7) is 4.47. The number of hydrogen-bond donors (Lipinski definition) is 0. The lowest BCUT2D eigenvalue weighted by Crippen LogP contribution is -2.05. The fourth-order valence-electron chi connectivity index (χ4n) is 1.35. The Kier molecular flexibility index (Phi) is 3.79. The van der Waals surface area contributed by atoms with Crippen molar-refractivity contribution in [3.63, 3.8) is 0 Å². The summed E-state index contributed by atoms with van der Waals surface area (Å²) in [5.41, 5.74) is 0. The van der Waals surface area contributed by atoms with Gasteiger partial charge in [-0.2, -0.15) is 11.8 Å². The van der Waals surface area contributed by atoms with Crippen LogP contribution in [0.3, 0.4) is 0 Å². The molecule has 1 nitrogen and oxygen atoms in total. The molecule has 0 spiro atoms. The number of aromatic nitrogens is 1. The van der Waals surface area contributed by atoms with Gasteiger partial charge in [0.05, 0.1) is 5.25 Å². The zero-order chi connectivity index (χ0) is 9.97. The van der Waals surface area contributed by atoms with Gasteiger partial charge < -0.3 is 0 Å². The molecule has 1 aliphatic rings. The van der Waals surface area contributed by atoms with Gasteiger partial charge in [-0.25, -0.2) is 4.98 Å². The molecule has 0 saturated carbocycles. The second-order valence-electron chi connectivity index (χ2n) is 3.69. The summed E-state index contributed by atoms with van der Waals surface area (Å²) in [6.07, 6.45) is 2.06. The minimum atomic E-state index is 0.627. The highest BCUT2D eigenvalue weighted by molar-refractivity contribution is 8.06. The van der Waals surface area contributed by atoms with Gasteiger partial charge in [0.25, 0.3) is 0 Å². The average Bonchev–Trinajstić information content (AvgIpc) is 2.68. The second kappa shape index (κ2) is 4.90. The van der Waals surface area contributed by atoms with Gasteiger partial charge in [0, 0.05) is 28.3 Å². The first-order valence-electron chi connectivity index (χ1n) is 4.92. The highest BCUT2D eigenvalue weighted by Crippen LogP contribution is 2.39. The third-order valence-corrected chi connectivity index (χ3v) is 6.53. The van der Waals surface area contributed by atoms with Gasteiger partial charge in [0.1, 0.15) is 5.01 Å². The maximum Gasteiger partial charge on any atom is 0.107 e. The van der Waals surface area contributed by atoms with Crippen LogP contribution in [0.15, 0.2) is 6.20 Å². The predicted octanol–water partition coefficient (Wildman–Crippen LogP) is 3.79. The van der Waals surface area contributed by atoms with Crippen LogP contribution in [0.4, 0.5) is 0 Å². The average molecular weight is 245 g/mol. The fourth-order valence-corrected chi connectivity index (χ4v) is 5.26. The Bertz CT molecular complexity index is 289. The lowest BCUT2D eigenvalue weighted by molar-refractivity contribution is 0.885. The summed E-state index contributed by atoms with van der Waals surface area (Å²) < 4.78 is 0. The van der Waals surface area contributed by atoms with Crippen LogP contribution in [0, 0.1) is 0 Å². The molecule has 0 aliphatic carbocycles. The summed E-state index contributed by atoms with van der Waals surface area (Å²) in [4.78, 5) is 5.97. The third kappa shape index (κ3) is 2.47. The Morgan fingerprint density at radius 2 is 2.29 bits per heavy atom. The van der Waals surface area contributed by atoms with E-state index in [2.05, 4.69) is 48.6 Å². The van der Waals surface area contributed by atoms with E-state index in [1.54, 1.807) is 0 Å². The molecule has 2 rings (SSSR count). The minimum absolute atomic E-state index is 0.627. The fraction of sp³-hybridized carbons (Fsp3) is 0.700. The van der Waals surface area contributed by atoms with Gasteiger partial charge in [0.15, 0.2) is 0 Å². The van der Waals surface area contributed by atoms with E-state index in [9.17, 15) is 0 Å². The number of hydrogen-bond acceptors (Lipinski definition) is 4. The normalized spacial score (nSPS) is 22.9. The maximum atomic E-state index is 4.55. The van der Waals surface area contributed by atoms with E-state index >= 15 is 0 Å². The van der Waals surface area contributed by atoms with Crippen molar-refractivity contribution in [2.24, 2.45) is 0 Å².